The molecule has 2 N–H and O–H groups in total. The Morgan fingerprint density at radius 1 is 1.04 bits per heavy atom. The molecule has 4 aliphatic heterocycles. The topological polar surface area (TPSA) is 120 Å². The van der Waals surface area contributed by atoms with Crippen molar-refractivity contribution in [3.05, 3.63) is 92.1 Å². The van der Waals surface area contributed by atoms with Crippen molar-refractivity contribution in [3.8, 4) is 0 Å². The van der Waals surface area contributed by atoms with E-state index < -0.39 is 23.5 Å². The zero-order valence-electron chi connectivity index (χ0n) is 30.8. The van der Waals surface area contributed by atoms with Gasteiger partial charge in [-0.1, -0.05) is 35.9 Å². The van der Waals surface area contributed by atoms with Crippen LogP contribution in [0.5, 0.6) is 0 Å². The smallest absolute Gasteiger partial charge is 0.287 e. The number of benzene rings is 2. The minimum Gasteiger partial charge on any atom is -0.378 e. The van der Waals surface area contributed by atoms with E-state index in [1.807, 2.05) is 23.1 Å². The van der Waals surface area contributed by atoms with Crippen molar-refractivity contribution in [1.82, 2.24) is 29.8 Å². The first-order valence-corrected chi connectivity index (χ1v) is 18.7. The number of amides is 3. The van der Waals surface area contributed by atoms with Gasteiger partial charge in [0, 0.05) is 63.4 Å². The van der Waals surface area contributed by atoms with Crippen LogP contribution in [0.2, 0.25) is 6.43 Å². The highest BCUT2D eigenvalue weighted by Crippen LogP contribution is 2.42. The molecule has 2 aromatic carbocycles. The molecule has 1 aromatic heterocycles. The first-order valence-electron chi connectivity index (χ1n) is 18.8. The number of hydrogen-bond donors (Lipinski definition) is 2. The van der Waals surface area contributed by atoms with E-state index in [1.165, 1.54) is 16.3 Å². The molecule has 7 rings (SSSR count). The van der Waals surface area contributed by atoms with Gasteiger partial charge >= 0.3 is 0 Å². The third-order valence-corrected chi connectivity index (χ3v) is 12.1. The summed E-state index contributed by atoms with van der Waals surface area (Å²) in [4.78, 5) is 56.5. The predicted octanol–water partition coefficient (Wildman–Crippen LogP) is 4.51. The van der Waals surface area contributed by atoms with Crippen molar-refractivity contribution in [3.63, 3.8) is 0 Å². The summed E-state index contributed by atoms with van der Waals surface area (Å²) in [7, 11) is 3.66. The van der Waals surface area contributed by atoms with E-state index in [0.29, 0.717) is 23.1 Å². The third kappa shape index (κ3) is 7.79. The van der Waals surface area contributed by atoms with Gasteiger partial charge in [0.05, 0.1) is 17.8 Å². The maximum Gasteiger partial charge on any atom is 0.287 e. The Balaban J connectivity index is 0.888. The summed E-state index contributed by atoms with van der Waals surface area (Å²) in [6, 6.07) is 13.1. The van der Waals surface area contributed by atoms with E-state index in [-0.39, 0.29) is 52.3 Å². The number of halogens is 2. The van der Waals surface area contributed by atoms with Crippen LogP contribution in [0.3, 0.4) is 0 Å². The summed E-state index contributed by atoms with van der Waals surface area (Å²) in [6.07, 6.45) is 6.73. The summed E-state index contributed by atoms with van der Waals surface area (Å²) in [5.74, 6) is -2.16. The van der Waals surface area contributed by atoms with Crippen LogP contribution in [0.15, 0.2) is 53.5 Å². The molecule has 4 aliphatic rings. The van der Waals surface area contributed by atoms with Gasteiger partial charge < -0.3 is 15.1 Å². The summed E-state index contributed by atoms with van der Waals surface area (Å²) >= 11 is 6.31. The van der Waals surface area contributed by atoms with Crippen LogP contribution in [0.25, 0.3) is 0 Å². The van der Waals surface area contributed by atoms with Crippen molar-refractivity contribution in [2.75, 3.05) is 51.6 Å². The fourth-order valence-electron chi connectivity index (χ4n) is 8.59. The van der Waals surface area contributed by atoms with E-state index in [9.17, 15) is 19.2 Å². The van der Waals surface area contributed by atoms with E-state index in [4.69, 9.17) is 13.0 Å². The van der Waals surface area contributed by atoms with Gasteiger partial charge in [-0.05, 0) is 99.3 Å². The second-order valence-corrected chi connectivity index (χ2v) is 15.7. The number of likely N-dealkylation sites (tertiary alicyclic amines) is 3. The van der Waals surface area contributed by atoms with Crippen molar-refractivity contribution in [2.45, 2.75) is 69.4 Å². The molecule has 5 heterocycles. The quantitative estimate of drug-likeness (QED) is 0.341. The van der Waals surface area contributed by atoms with Crippen LogP contribution in [0.1, 0.15) is 83.8 Å². The van der Waals surface area contributed by atoms with Gasteiger partial charge in [-0.3, -0.25) is 29.4 Å². The van der Waals surface area contributed by atoms with Gasteiger partial charge in [-0.15, -0.1) is 0 Å². The number of likely N-dealkylation sites (N-methyl/N-ethyl adjacent to an activating group) is 1. The number of hydrogen-bond acceptors (Lipinski definition) is 8. The zero-order chi connectivity index (χ0) is 37.4. The molecule has 3 amide bonds. The second-order valence-electron chi connectivity index (χ2n) is 15.3. The number of piperidine rings is 4. The van der Waals surface area contributed by atoms with Crippen LogP contribution in [0, 0.1) is 11.2 Å². The minimum absolute atomic E-state index is 0.0608. The Morgan fingerprint density at radius 2 is 1.75 bits per heavy atom. The lowest BCUT2D eigenvalue weighted by atomic mass is 9.71. The maximum absolute atomic E-state index is 15.1. The van der Waals surface area contributed by atoms with Gasteiger partial charge in [0.25, 0.3) is 11.5 Å². The lowest BCUT2D eigenvalue weighted by molar-refractivity contribution is -0.134. The number of nitrogens with zero attached hydrogens (tertiary/aromatic N) is 5. The Labute approximate surface area is 309 Å². The highest BCUT2D eigenvalue weighted by molar-refractivity contribution is 6.32. The number of imide groups is 1. The molecule has 13 heteroatoms. The summed E-state index contributed by atoms with van der Waals surface area (Å²) in [6.45, 7) is 5.58. The lowest BCUT2D eigenvalue weighted by Gasteiger charge is -2.47. The number of rotatable bonds is 7. The molecule has 1 spiro atoms. The van der Waals surface area contributed by atoms with Crippen LogP contribution in [-0.4, -0.2) is 94.6 Å². The average Bonchev–Trinajstić information content (AvgIpc) is 3.15. The van der Waals surface area contributed by atoms with Crippen molar-refractivity contribution >= 4 is 35.0 Å². The molecule has 0 aliphatic carbocycles. The van der Waals surface area contributed by atoms with Gasteiger partial charge in [0.2, 0.25) is 11.8 Å². The Bertz CT molecular complexity index is 1930. The third-order valence-electron chi connectivity index (χ3n) is 11.8. The standard InChI is InChI=1S/C39H47ClFN7O4/c1-45-23-28(20-29(24-45)43-33-21-42-46(2)38(52)35(33)40)26-4-6-27(7-5-26)37(51)48-17-13-39(14-18-48)11-15-47(16-12-39)22-25-3-8-30(32(41)19-25)31-9-10-34(49)44-36(31)50/h3-8,19,21,28-29,31,43H,9-18,20,22-24H2,1-2H3,(H,44,49,50)/t28-,29+,31?/m0/s1/i/hD. The average molecular weight is 733 g/mol. The van der Waals surface area contributed by atoms with Crippen LogP contribution in [-0.2, 0) is 23.2 Å². The minimum atomic E-state index is -0.800. The van der Waals surface area contributed by atoms with Crippen LogP contribution < -0.4 is 16.2 Å². The molecule has 11 nitrogen and oxygen atoms in total. The zero-order valence-corrected chi connectivity index (χ0v) is 30.6. The Kier molecular flexibility index (Phi) is 10.1. The van der Waals surface area contributed by atoms with Crippen LogP contribution >= 0.6 is 11.6 Å². The molecule has 0 radical (unpaired) electrons. The van der Waals surface area contributed by atoms with Gasteiger partial charge in [-0.2, -0.15) is 5.10 Å². The monoisotopic (exact) mass is 732 g/mol. The lowest BCUT2D eigenvalue weighted by Crippen LogP contribution is -2.48. The maximum atomic E-state index is 15.1. The fraction of sp³-hybridized carbons (Fsp3) is 0.513. The molecular weight excluding hydrogens is 685 g/mol. The largest absolute Gasteiger partial charge is 0.378 e. The van der Waals surface area contributed by atoms with E-state index in [1.54, 1.807) is 19.3 Å². The number of aryl methyl sites for hydroxylation is 1. The number of anilines is 1. The summed E-state index contributed by atoms with van der Waals surface area (Å²) in [5.41, 5.74) is 3.38. The molecule has 3 atom stereocenters. The van der Waals surface area contributed by atoms with E-state index >= 15 is 4.39 Å². The molecule has 3 aromatic rings. The first kappa shape index (κ1) is 34.9. The summed E-state index contributed by atoms with van der Waals surface area (Å²) < 4.78 is 24.0. The fourth-order valence-corrected chi connectivity index (χ4v) is 8.82. The molecule has 4 fully saturated rings. The molecule has 0 saturated carbocycles. The number of nitrogens with one attached hydrogen (secondary N) is 2. The van der Waals surface area contributed by atoms with Gasteiger partial charge in [-0.25, -0.2) is 9.07 Å². The molecule has 4 saturated heterocycles. The molecule has 276 valence electrons. The van der Waals surface area contributed by atoms with E-state index in [0.717, 1.165) is 76.9 Å². The van der Waals surface area contributed by atoms with Crippen molar-refractivity contribution < 1.29 is 20.2 Å². The highest BCUT2D eigenvalue weighted by atomic mass is 35.5. The van der Waals surface area contributed by atoms with Gasteiger partial charge in [0.1, 0.15) is 10.8 Å². The Morgan fingerprint density at radius 3 is 2.46 bits per heavy atom. The Hall–Kier alpha value is -4.13. The second kappa shape index (κ2) is 15.1. The summed E-state index contributed by atoms with van der Waals surface area (Å²) in [5, 5.41) is 8.03. The molecular formula is C39H47ClFN7O4. The highest BCUT2D eigenvalue weighted by Gasteiger charge is 2.39. The number of carbonyl (C=O) groups excluding carboxylic acids is 3. The first-order chi connectivity index (χ1) is 25.4. The number of aromatic nitrogens is 2. The molecule has 1 unspecified atom stereocenters. The molecule has 52 heavy (non-hydrogen) atoms. The van der Waals surface area contributed by atoms with Crippen molar-refractivity contribution in [2.24, 2.45) is 12.5 Å². The predicted molar refractivity (Wildman–Crippen MR) is 197 cm³/mol. The SMILES string of the molecule is [2H]N1C(=O)CCC(c2ccc(CN3CCC4(CC3)CCN(C(=O)c3ccc([C@H]5C[C@@H](Nc6cnn(C)c(=O)c6Cl)CN(C)C5)cc3)CC4)cc2F)C1=O. The van der Waals surface area contributed by atoms with E-state index in [2.05, 4.69) is 39.4 Å². The number of carbonyl (C=O) groups is 3. The van der Waals surface area contributed by atoms with Gasteiger partial charge in [0.15, 0.2) is 1.41 Å². The molecule has 0 bridgehead atoms. The normalized spacial score (nSPS) is 24.6. The van der Waals surface area contributed by atoms with Crippen LogP contribution in [0.4, 0.5) is 10.1 Å². The van der Waals surface area contributed by atoms with Crippen molar-refractivity contribution in [1.29, 1.82) is 0 Å².